The van der Waals surface area contributed by atoms with Crippen LogP contribution in [0.15, 0.2) is 36.4 Å². The summed E-state index contributed by atoms with van der Waals surface area (Å²) in [6, 6.07) is 12.1. The average Bonchev–Trinajstić information content (AvgIpc) is 2.54. The van der Waals surface area contributed by atoms with Gasteiger partial charge in [-0.3, -0.25) is 0 Å². The molecule has 0 aliphatic rings. The Morgan fingerprint density at radius 3 is 2.52 bits per heavy atom. The van der Waals surface area contributed by atoms with Crippen LogP contribution >= 0.6 is 11.6 Å². The molecule has 2 rings (SSSR count). The molecule has 0 heterocycles. The molecule has 0 amide bonds. The van der Waals surface area contributed by atoms with E-state index < -0.39 is 0 Å². The van der Waals surface area contributed by atoms with Crippen LogP contribution in [-0.4, -0.2) is 20.3 Å². The molecule has 2 aromatic carbocycles. The fourth-order valence-electron chi connectivity index (χ4n) is 2.80. The standard InChI is InChI=1S/C19H24ClNO2/c1-4-23-16-6-7-17(13(2)9-16)15(12-21)10-14-5-8-19(22-3)18(20)11-14/h5-9,11,15H,4,10,12,21H2,1-3H3. The Morgan fingerprint density at radius 2 is 1.96 bits per heavy atom. The van der Waals surface area contributed by atoms with E-state index in [-0.39, 0.29) is 5.92 Å². The van der Waals surface area contributed by atoms with Gasteiger partial charge in [0.25, 0.3) is 0 Å². The summed E-state index contributed by atoms with van der Waals surface area (Å²) < 4.78 is 10.8. The average molecular weight is 334 g/mol. The zero-order chi connectivity index (χ0) is 16.8. The normalized spacial score (nSPS) is 12.0. The first-order valence-corrected chi connectivity index (χ1v) is 8.22. The second-order valence-corrected chi connectivity index (χ2v) is 5.96. The number of methoxy groups -OCH3 is 1. The van der Waals surface area contributed by atoms with Crippen LogP contribution in [0.1, 0.15) is 29.5 Å². The molecule has 23 heavy (non-hydrogen) atoms. The Balaban J connectivity index is 2.21. The first-order chi connectivity index (χ1) is 11.1. The minimum absolute atomic E-state index is 0.245. The van der Waals surface area contributed by atoms with E-state index in [2.05, 4.69) is 19.1 Å². The summed E-state index contributed by atoms with van der Waals surface area (Å²) in [6.45, 7) is 5.34. The Morgan fingerprint density at radius 1 is 1.17 bits per heavy atom. The molecule has 0 spiro atoms. The molecule has 124 valence electrons. The van der Waals surface area contributed by atoms with Gasteiger partial charge in [0.15, 0.2) is 0 Å². The van der Waals surface area contributed by atoms with Crippen molar-refractivity contribution >= 4 is 11.6 Å². The highest BCUT2D eigenvalue weighted by Crippen LogP contribution is 2.30. The summed E-state index contributed by atoms with van der Waals surface area (Å²) in [4.78, 5) is 0. The van der Waals surface area contributed by atoms with Gasteiger partial charge in [-0.2, -0.15) is 0 Å². The van der Waals surface area contributed by atoms with Crippen LogP contribution in [0.2, 0.25) is 5.02 Å². The summed E-state index contributed by atoms with van der Waals surface area (Å²) in [6.07, 6.45) is 0.842. The fraction of sp³-hybridized carbons (Fsp3) is 0.368. The minimum atomic E-state index is 0.245. The molecule has 0 aromatic heterocycles. The topological polar surface area (TPSA) is 44.5 Å². The Bertz CT molecular complexity index is 658. The van der Waals surface area contributed by atoms with E-state index in [1.807, 2.05) is 31.2 Å². The molecule has 0 bridgehead atoms. The summed E-state index contributed by atoms with van der Waals surface area (Å²) in [5.74, 6) is 1.84. The second kappa shape index (κ2) is 8.23. The predicted octanol–water partition coefficient (Wildman–Crippen LogP) is 4.34. The number of halogens is 1. The van der Waals surface area contributed by atoms with Gasteiger partial charge >= 0.3 is 0 Å². The van der Waals surface area contributed by atoms with Gasteiger partial charge in [0.2, 0.25) is 0 Å². The van der Waals surface area contributed by atoms with Crippen LogP contribution in [0.4, 0.5) is 0 Å². The van der Waals surface area contributed by atoms with Crippen LogP contribution in [0, 0.1) is 6.92 Å². The maximum Gasteiger partial charge on any atom is 0.137 e. The maximum atomic E-state index is 6.22. The molecule has 3 nitrogen and oxygen atoms in total. The lowest BCUT2D eigenvalue weighted by Crippen LogP contribution is -2.16. The van der Waals surface area contributed by atoms with Gasteiger partial charge in [0.05, 0.1) is 18.7 Å². The first-order valence-electron chi connectivity index (χ1n) is 7.84. The van der Waals surface area contributed by atoms with Crippen LogP contribution in [0.25, 0.3) is 0 Å². The molecule has 0 radical (unpaired) electrons. The largest absolute Gasteiger partial charge is 0.495 e. The molecule has 1 unspecified atom stereocenters. The van der Waals surface area contributed by atoms with Crippen molar-refractivity contribution in [2.24, 2.45) is 5.73 Å². The van der Waals surface area contributed by atoms with Gasteiger partial charge in [-0.1, -0.05) is 23.7 Å². The van der Waals surface area contributed by atoms with Gasteiger partial charge in [-0.25, -0.2) is 0 Å². The smallest absolute Gasteiger partial charge is 0.137 e. The van der Waals surface area contributed by atoms with E-state index in [1.54, 1.807) is 7.11 Å². The van der Waals surface area contributed by atoms with E-state index in [0.717, 1.165) is 17.7 Å². The van der Waals surface area contributed by atoms with E-state index in [9.17, 15) is 0 Å². The Kier molecular flexibility index (Phi) is 6.31. The third-order valence-corrected chi connectivity index (χ3v) is 4.27. The first kappa shape index (κ1) is 17.6. The van der Waals surface area contributed by atoms with Crippen LogP contribution in [0.5, 0.6) is 11.5 Å². The fourth-order valence-corrected chi connectivity index (χ4v) is 3.08. The summed E-state index contributed by atoms with van der Waals surface area (Å²) in [7, 11) is 1.62. The Labute approximate surface area is 143 Å². The quantitative estimate of drug-likeness (QED) is 0.819. The lowest BCUT2D eigenvalue weighted by atomic mass is 9.89. The number of aryl methyl sites for hydroxylation is 1. The van der Waals surface area contributed by atoms with Crippen molar-refractivity contribution in [2.45, 2.75) is 26.2 Å². The number of rotatable bonds is 7. The zero-order valence-corrected chi connectivity index (χ0v) is 14.7. The van der Waals surface area contributed by atoms with Crippen molar-refractivity contribution in [2.75, 3.05) is 20.3 Å². The number of hydrogen-bond donors (Lipinski definition) is 1. The highest BCUT2D eigenvalue weighted by Gasteiger charge is 2.15. The number of ether oxygens (including phenoxy) is 2. The number of hydrogen-bond acceptors (Lipinski definition) is 3. The van der Waals surface area contributed by atoms with Crippen LogP contribution in [0.3, 0.4) is 0 Å². The summed E-state index contributed by atoms with van der Waals surface area (Å²) in [5.41, 5.74) is 9.63. The monoisotopic (exact) mass is 333 g/mol. The lowest BCUT2D eigenvalue weighted by molar-refractivity contribution is 0.340. The van der Waals surface area contributed by atoms with Crippen LogP contribution in [-0.2, 0) is 6.42 Å². The molecule has 0 aliphatic heterocycles. The molecule has 2 aromatic rings. The maximum absolute atomic E-state index is 6.22. The molecule has 0 fully saturated rings. The molecule has 0 saturated carbocycles. The third kappa shape index (κ3) is 4.40. The highest BCUT2D eigenvalue weighted by atomic mass is 35.5. The van der Waals surface area contributed by atoms with Crippen molar-refractivity contribution < 1.29 is 9.47 Å². The molecular formula is C19H24ClNO2. The van der Waals surface area contributed by atoms with Gasteiger partial charge in [0.1, 0.15) is 11.5 Å². The van der Waals surface area contributed by atoms with Crippen molar-refractivity contribution in [3.63, 3.8) is 0 Å². The van der Waals surface area contributed by atoms with E-state index in [0.29, 0.717) is 23.9 Å². The number of benzene rings is 2. The second-order valence-electron chi connectivity index (χ2n) is 5.56. The van der Waals surface area contributed by atoms with Crippen LogP contribution < -0.4 is 15.2 Å². The molecule has 0 aliphatic carbocycles. The molecule has 4 heteroatoms. The Hall–Kier alpha value is -1.71. The van der Waals surface area contributed by atoms with E-state index >= 15 is 0 Å². The summed E-state index contributed by atoms with van der Waals surface area (Å²) in [5, 5.41) is 0.629. The van der Waals surface area contributed by atoms with Gasteiger partial charge < -0.3 is 15.2 Å². The van der Waals surface area contributed by atoms with E-state index in [4.69, 9.17) is 26.8 Å². The summed E-state index contributed by atoms with van der Waals surface area (Å²) >= 11 is 6.22. The molecule has 0 saturated heterocycles. The van der Waals surface area contributed by atoms with E-state index in [1.165, 1.54) is 11.1 Å². The lowest BCUT2D eigenvalue weighted by Gasteiger charge is -2.19. The number of nitrogens with two attached hydrogens (primary N) is 1. The van der Waals surface area contributed by atoms with Crippen molar-refractivity contribution in [3.05, 3.63) is 58.1 Å². The third-order valence-electron chi connectivity index (χ3n) is 3.97. The van der Waals surface area contributed by atoms with Crippen molar-refractivity contribution in [1.82, 2.24) is 0 Å². The minimum Gasteiger partial charge on any atom is -0.495 e. The van der Waals surface area contributed by atoms with Gasteiger partial charge in [-0.15, -0.1) is 0 Å². The molecular weight excluding hydrogens is 310 g/mol. The SMILES string of the molecule is CCOc1ccc(C(CN)Cc2ccc(OC)c(Cl)c2)c(C)c1. The molecule has 2 N–H and O–H groups in total. The molecule has 1 atom stereocenters. The van der Waals surface area contributed by atoms with Crippen molar-refractivity contribution in [1.29, 1.82) is 0 Å². The highest BCUT2D eigenvalue weighted by molar-refractivity contribution is 6.32. The van der Waals surface area contributed by atoms with Crippen molar-refractivity contribution in [3.8, 4) is 11.5 Å². The zero-order valence-electron chi connectivity index (χ0n) is 13.9. The van der Waals surface area contributed by atoms with Gasteiger partial charge in [0, 0.05) is 5.92 Å². The van der Waals surface area contributed by atoms with Gasteiger partial charge in [-0.05, 0) is 67.8 Å². The predicted molar refractivity (Wildman–Crippen MR) is 95.9 cm³/mol.